The van der Waals surface area contributed by atoms with Gasteiger partial charge in [-0.05, 0) is 36.5 Å². The van der Waals surface area contributed by atoms with E-state index in [-0.39, 0.29) is 5.54 Å². The molecule has 1 aromatic heterocycles. The van der Waals surface area contributed by atoms with E-state index in [4.69, 9.17) is 0 Å². The van der Waals surface area contributed by atoms with Crippen molar-refractivity contribution >= 4 is 0 Å². The molecule has 3 nitrogen and oxygen atoms in total. The Balaban J connectivity index is 2.57. The molecule has 1 unspecified atom stereocenters. The first-order chi connectivity index (χ1) is 9.13. The first-order valence-corrected chi connectivity index (χ1v) is 6.76. The maximum Gasteiger partial charge on any atom is 0.120 e. The van der Waals surface area contributed by atoms with E-state index in [0.717, 1.165) is 12.8 Å². The predicted octanol–water partition coefficient (Wildman–Crippen LogP) is 3.35. The van der Waals surface area contributed by atoms with E-state index in [1.54, 1.807) is 12.7 Å². The van der Waals surface area contributed by atoms with Crippen molar-refractivity contribution in [3.8, 4) is 0 Å². The third-order valence-corrected chi connectivity index (χ3v) is 3.81. The van der Waals surface area contributed by atoms with Crippen molar-refractivity contribution in [3.63, 3.8) is 0 Å². The summed E-state index contributed by atoms with van der Waals surface area (Å²) in [7, 11) is 0. The summed E-state index contributed by atoms with van der Waals surface area (Å²) in [6.07, 6.45) is 7.51. The Bertz CT molecular complexity index is 535. The molecule has 2 aromatic rings. The van der Waals surface area contributed by atoms with Gasteiger partial charge >= 0.3 is 0 Å². The van der Waals surface area contributed by atoms with Crippen LogP contribution in [0.1, 0.15) is 37.5 Å². The van der Waals surface area contributed by atoms with Crippen molar-refractivity contribution in [1.29, 1.82) is 0 Å². The first-order valence-electron chi connectivity index (χ1n) is 6.76. The van der Waals surface area contributed by atoms with Crippen LogP contribution in [-0.2, 0) is 18.4 Å². The van der Waals surface area contributed by atoms with Gasteiger partial charge in [-0.2, -0.15) is 0 Å². The number of nitrogens with zero attached hydrogens (tertiary/aromatic N) is 3. The Morgan fingerprint density at radius 3 is 2.05 bits per heavy atom. The van der Waals surface area contributed by atoms with E-state index in [2.05, 4.69) is 55.7 Å². The maximum absolute atomic E-state index is 4.00. The molecule has 1 aromatic carbocycles. The average molecular weight is 255 g/mol. The largest absolute Gasteiger partial charge is 0.307 e. The zero-order valence-corrected chi connectivity index (χ0v) is 11.9. The maximum atomic E-state index is 4.00. The highest BCUT2D eigenvalue weighted by Gasteiger charge is 2.25. The van der Waals surface area contributed by atoms with Crippen molar-refractivity contribution in [2.45, 2.75) is 39.2 Å². The van der Waals surface area contributed by atoms with E-state index in [1.807, 2.05) is 10.6 Å². The summed E-state index contributed by atoms with van der Waals surface area (Å²) in [5.74, 6) is 0. The summed E-state index contributed by atoms with van der Waals surface area (Å²) in [6.45, 7) is 10.5. The number of rotatable bonds is 5. The molecule has 0 saturated heterocycles. The van der Waals surface area contributed by atoms with Gasteiger partial charge in [0, 0.05) is 0 Å². The molecule has 3 heteroatoms. The van der Waals surface area contributed by atoms with Crippen LogP contribution in [0.3, 0.4) is 0 Å². The van der Waals surface area contributed by atoms with E-state index in [9.17, 15) is 0 Å². The second kappa shape index (κ2) is 5.39. The molecule has 0 amide bonds. The number of benzene rings is 1. The number of aromatic nitrogens is 3. The van der Waals surface area contributed by atoms with E-state index >= 15 is 0 Å². The van der Waals surface area contributed by atoms with Gasteiger partial charge in [-0.1, -0.05) is 38.1 Å². The smallest absolute Gasteiger partial charge is 0.120 e. The van der Waals surface area contributed by atoms with Crippen LogP contribution < -0.4 is 0 Å². The minimum absolute atomic E-state index is 0.307. The second-order valence-corrected chi connectivity index (χ2v) is 4.97. The molecule has 0 saturated carbocycles. The van der Waals surface area contributed by atoms with Crippen molar-refractivity contribution in [3.05, 3.63) is 60.2 Å². The van der Waals surface area contributed by atoms with Crippen molar-refractivity contribution in [1.82, 2.24) is 14.8 Å². The molecule has 0 aliphatic heterocycles. The number of aryl methyl sites for hydroxylation is 2. The molecular formula is C16H21N3. The fourth-order valence-corrected chi connectivity index (χ4v) is 2.28. The summed E-state index contributed by atoms with van der Waals surface area (Å²) in [5, 5.41) is 7.82. The first kappa shape index (κ1) is 13.5. The molecule has 0 aliphatic rings. The highest BCUT2D eigenvalue weighted by atomic mass is 15.3. The Morgan fingerprint density at radius 1 is 1.11 bits per heavy atom. The number of hydrogen-bond acceptors (Lipinski definition) is 2. The zero-order valence-electron chi connectivity index (χ0n) is 11.9. The zero-order chi connectivity index (χ0) is 13.9. The van der Waals surface area contributed by atoms with Crippen molar-refractivity contribution < 1.29 is 0 Å². The Kier molecular flexibility index (Phi) is 3.84. The van der Waals surface area contributed by atoms with E-state index in [1.165, 1.54) is 16.7 Å². The number of hydrogen-bond donors (Lipinski definition) is 0. The van der Waals surface area contributed by atoms with Crippen LogP contribution in [0.4, 0.5) is 0 Å². The van der Waals surface area contributed by atoms with Gasteiger partial charge in [0.1, 0.15) is 12.7 Å². The molecule has 100 valence electrons. The SMILES string of the molecule is C=CC(C)(c1cc(CC)cc(CC)c1)n1cnnc1. The Labute approximate surface area is 115 Å². The lowest BCUT2D eigenvalue weighted by molar-refractivity contribution is 0.492. The van der Waals surface area contributed by atoms with Gasteiger partial charge in [0.15, 0.2) is 0 Å². The molecule has 0 N–H and O–H groups in total. The minimum atomic E-state index is -0.307. The van der Waals surface area contributed by atoms with Crippen LogP contribution in [0.2, 0.25) is 0 Å². The van der Waals surface area contributed by atoms with E-state index in [0.29, 0.717) is 0 Å². The van der Waals surface area contributed by atoms with Crippen LogP contribution in [0.15, 0.2) is 43.5 Å². The molecule has 19 heavy (non-hydrogen) atoms. The molecule has 0 spiro atoms. The third kappa shape index (κ3) is 2.46. The van der Waals surface area contributed by atoms with Crippen LogP contribution in [0, 0.1) is 0 Å². The minimum Gasteiger partial charge on any atom is -0.307 e. The molecule has 1 atom stereocenters. The van der Waals surface area contributed by atoms with Crippen LogP contribution in [0.5, 0.6) is 0 Å². The highest BCUT2D eigenvalue weighted by molar-refractivity contribution is 5.37. The summed E-state index contributed by atoms with van der Waals surface area (Å²) in [4.78, 5) is 0. The van der Waals surface area contributed by atoms with Gasteiger partial charge in [-0.3, -0.25) is 0 Å². The molecule has 1 heterocycles. The quantitative estimate of drug-likeness (QED) is 0.767. The summed E-state index contributed by atoms with van der Waals surface area (Å²) < 4.78 is 1.99. The highest BCUT2D eigenvalue weighted by Crippen LogP contribution is 2.29. The molecule has 0 radical (unpaired) electrons. The van der Waals surface area contributed by atoms with Gasteiger partial charge in [-0.25, -0.2) is 0 Å². The lowest BCUT2D eigenvalue weighted by Crippen LogP contribution is -2.28. The lowest BCUT2D eigenvalue weighted by Gasteiger charge is -2.28. The van der Waals surface area contributed by atoms with Gasteiger partial charge in [0.25, 0.3) is 0 Å². The lowest BCUT2D eigenvalue weighted by atomic mass is 9.88. The van der Waals surface area contributed by atoms with Gasteiger partial charge in [0.05, 0.1) is 5.54 Å². The van der Waals surface area contributed by atoms with Crippen molar-refractivity contribution in [2.75, 3.05) is 0 Å². The summed E-state index contributed by atoms with van der Waals surface area (Å²) >= 11 is 0. The van der Waals surface area contributed by atoms with Gasteiger partial charge < -0.3 is 4.57 Å². The Morgan fingerprint density at radius 2 is 1.63 bits per heavy atom. The van der Waals surface area contributed by atoms with Gasteiger partial charge in [0.2, 0.25) is 0 Å². The number of allylic oxidation sites excluding steroid dienone is 1. The van der Waals surface area contributed by atoms with Gasteiger partial charge in [-0.15, -0.1) is 16.8 Å². The monoisotopic (exact) mass is 255 g/mol. The normalized spacial score (nSPS) is 14.1. The predicted molar refractivity (Wildman–Crippen MR) is 78.2 cm³/mol. The fourth-order valence-electron chi connectivity index (χ4n) is 2.28. The average Bonchev–Trinajstić information content (AvgIpc) is 3.00. The Hall–Kier alpha value is -1.90. The summed E-state index contributed by atoms with van der Waals surface area (Å²) in [6, 6.07) is 6.78. The molecule has 0 aliphatic carbocycles. The third-order valence-electron chi connectivity index (χ3n) is 3.81. The van der Waals surface area contributed by atoms with Crippen LogP contribution in [0.25, 0.3) is 0 Å². The molecular weight excluding hydrogens is 234 g/mol. The van der Waals surface area contributed by atoms with E-state index < -0.39 is 0 Å². The van der Waals surface area contributed by atoms with Crippen LogP contribution in [-0.4, -0.2) is 14.8 Å². The van der Waals surface area contributed by atoms with Crippen LogP contribution >= 0.6 is 0 Å². The standard InChI is InChI=1S/C16H21N3/c1-5-13-8-14(6-2)10-15(9-13)16(4,7-3)19-11-17-18-12-19/h7-12H,3,5-6H2,1-2,4H3. The second-order valence-electron chi connectivity index (χ2n) is 4.97. The molecule has 0 fully saturated rings. The summed E-state index contributed by atoms with van der Waals surface area (Å²) in [5.41, 5.74) is 3.64. The topological polar surface area (TPSA) is 30.7 Å². The van der Waals surface area contributed by atoms with Crippen molar-refractivity contribution in [2.24, 2.45) is 0 Å². The fraction of sp³-hybridized carbons (Fsp3) is 0.375. The molecule has 2 rings (SSSR count). The molecule has 0 bridgehead atoms.